The van der Waals surface area contributed by atoms with Crippen LogP contribution in [0.4, 0.5) is 0 Å². The van der Waals surface area contributed by atoms with Crippen molar-refractivity contribution in [3.8, 4) is 0 Å². The Labute approximate surface area is 196 Å². The van der Waals surface area contributed by atoms with E-state index in [0.29, 0.717) is 0 Å². The van der Waals surface area contributed by atoms with Gasteiger partial charge in [-0.2, -0.15) is 0 Å². The Hall–Kier alpha value is -3.68. The molecule has 0 spiro atoms. The summed E-state index contributed by atoms with van der Waals surface area (Å²) in [4.78, 5) is 26.7. The molecule has 1 amide bonds. The minimum absolute atomic E-state index is 0.0223. The van der Waals surface area contributed by atoms with Crippen LogP contribution in [-0.4, -0.2) is 31.0 Å². The van der Waals surface area contributed by atoms with Gasteiger partial charge in [-0.25, -0.2) is 8.42 Å². The second-order valence-corrected chi connectivity index (χ2v) is 9.41. The number of sulfonamides is 1. The number of carbonyl (C=O) groups excluding carboxylic acids is 2. The molecule has 0 bridgehead atoms. The summed E-state index contributed by atoms with van der Waals surface area (Å²) < 4.78 is 27.9. The van der Waals surface area contributed by atoms with Crippen LogP contribution in [0.2, 0.25) is 5.02 Å². The number of benzene rings is 3. The highest BCUT2D eigenvalue weighted by atomic mass is 35.5. The van der Waals surface area contributed by atoms with Crippen LogP contribution in [0.25, 0.3) is 5.70 Å². The molecule has 0 radical (unpaired) electrons. The molecule has 1 aliphatic heterocycles. The summed E-state index contributed by atoms with van der Waals surface area (Å²) in [6, 6.07) is 21.0. The van der Waals surface area contributed by atoms with Crippen molar-refractivity contribution in [3.05, 3.63) is 119 Å². The van der Waals surface area contributed by atoms with E-state index < -0.39 is 21.7 Å². The van der Waals surface area contributed by atoms with Gasteiger partial charge in [0.15, 0.2) is 0 Å². The molecule has 0 atom stereocenters. The van der Waals surface area contributed by atoms with Gasteiger partial charge in [-0.3, -0.25) is 13.9 Å². The third-order valence-electron chi connectivity index (χ3n) is 5.11. The van der Waals surface area contributed by atoms with E-state index in [1.54, 1.807) is 72.8 Å². The number of allylic oxidation sites excluding steroid dienone is 1. The van der Waals surface area contributed by atoms with Crippen molar-refractivity contribution in [3.63, 3.8) is 0 Å². The average Bonchev–Trinajstić information content (AvgIpc) is 2.83. The largest absolute Gasteiger partial charge is 0.319 e. The molecular formula is C25H19ClN2O4S. The molecular weight excluding hydrogens is 460 g/mol. The molecule has 166 valence electrons. The highest BCUT2D eigenvalue weighted by molar-refractivity contribution is 7.89. The van der Waals surface area contributed by atoms with E-state index in [0.717, 1.165) is 4.31 Å². The van der Waals surface area contributed by atoms with Gasteiger partial charge in [0.1, 0.15) is 5.70 Å². The maximum atomic E-state index is 13.6. The van der Waals surface area contributed by atoms with Gasteiger partial charge in [0.25, 0.3) is 15.9 Å². The van der Waals surface area contributed by atoms with Crippen LogP contribution in [0.15, 0.2) is 102 Å². The maximum absolute atomic E-state index is 13.6. The predicted octanol–water partition coefficient (Wildman–Crippen LogP) is 4.51. The zero-order valence-electron chi connectivity index (χ0n) is 17.4. The smallest absolute Gasteiger partial charge is 0.265 e. The Morgan fingerprint density at radius 1 is 0.939 bits per heavy atom. The second kappa shape index (κ2) is 9.05. The van der Waals surface area contributed by atoms with E-state index >= 15 is 0 Å². The third kappa shape index (κ3) is 4.08. The molecule has 1 aliphatic rings. The summed E-state index contributed by atoms with van der Waals surface area (Å²) in [6.07, 6.45) is 1.39. The molecule has 6 nitrogen and oxygen atoms in total. The summed E-state index contributed by atoms with van der Waals surface area (Å²) in [5.74, 6) is -1.12. The first-order chi connectivity index (χ1) is 15.9. The normalized spacial score (nSPS) is 14.4. The van der Waals surface area contributed by atoms with Crippen LogP contribution in [0, 0.1) is 0 Å². The van der Waals surface area contributed by atoms with Crippen molar-refractivity contribution in [1.82, 2.24) is 9.62 Å². The highest BCUT2D eigenvalue weighted by Crippen LogP contribution is 2.37. The summed E-state index contributed by atoms with van der Waals surface area (Å²) >= 11 is 6.19. The van der Waals surface area contributed by atoms with Gasteiger partial charge in [-0.15, -0.1) is 6.58 Å². The zero-order valence-corrected chi connectivity index (χ0v) is 18.9. The fraction of sp³-hybridized carbons (Fsp3) is 0.0400. The van der Waals surface area contributed by atoms with E-state index in [9.17, 15) is 18.0 Å². The van der Waals surface area contributed by atoms with E-state index in [4.69, 9.17) is 11.6 Å². The van der Waals surface area contributed by atoms with E-state index in [2.05, 4.69) is 11.9 Å². The van der Waals surface area contributed by atoms with Crippen LogP contribution < -0.4 is 5.32 Å². The minimum Gasteiger partial charge on any atom is -0.319 e. The first-order valence-corrected chi connectivity index (χ1v) is 11.8. The Morgan fingerprint density at radius 3 is 2.27 bits per heavy atom. The van der Waals surface area contributed by atoms with E-state index in [1.165, 1.54) is 12.1 Å². The van der Waals surface area contributed by atoms with Crippen LogP contribution in [0.1, 0.15) is 26.3 Å². The third-order valence-corrected chi connectivity index (χ3v) is 7.27. The molecule has 1 N–H and O–H groups in total. The number of carbonyl (C=O) groups is 2. The van der Waals surface area contributed by atoms with Crippen molar-refractivity contribution in [2.45, 2.75) is 4.90 Å². The molecule has 3 aromatic carbocycles. The van der Waals surface area contributed by atoms with Crippen molar-refractivity contribution >= 4 is 39.0 Å². The highest BCUT2D eigenvalue weighted by Gasteiger charge is 2.40. The van der Waals surface area contributed by atoms with Crippen molar-refractivity contribution in [1.29, 1.82) is 0 Å². The second-order valence-electron chi connectivity index (χ2n) is 7.17. The number of amides is 1. The maximum Gasteiger partial charge on any atom is 0.265 e. The molecule has 0 saturated carbocycles. The molecule has 33 heavy (non-hydrogen) atoms. The van der Waals surface area contributed by atoms with Crippen molar-refractivity contribution < 1.29 is 18.0 Å². The molecule has 0 aromatic heterocycles. The SMILES string of the molecule is C=CCN1C(C(=O)c2ccccc2)=C(NC(=O)c2ccccc2Cl)c2ccccc2S1(=O)=O. The topological polar surface area (TPSA) is 83.6 Å². The summed E-state index contributed by atoms with van der Waals surface area (Å²) in [5.41, 5.74) is 0.610. The number of rotatable bonds is 6. The van der Waals surface area contributed by atoms with Crippen molar-refractivity contribution in [2.24, 2.45) is 0 Å². The van der Waals surface area contributed by atoms with Gasteiger partial charge in [-0.1, -0.05) is 78.3 Å². The van der Waals surface area contributed by atoms with Gasteiger partial charge in [0.05, 0.1) is 27.7 Å². The van der Waals surface area contributed by atoms with Gasteiger partial charge in [0, 0.05) is 11.1 Å². The number of nitrogens with zero attached hydrogens (tertiary/aromatic N) is 1. The number of hydrogen-bond donors (Lipinski definition) is 1. The van der Waals surface area contributed by atoms with Crippen LogP contribution in [0.3, 0.4) is 0 Å². The van der Waals surface area contributed by atoms with Gasteiger partial charge in [0.2, 0.25) is 5.78 Å². The Balaban J connectivity index is 1.98. The number of ketones is 1. The number of halogens is 1. The summed E-state index contributed by atoms with van der Waals surface area (Å²) in [6.45, 7) is 3.49. The van der Waals surface area contributed by atoms with Gasteiger partial charge < -0.3 is 5.32 Å². The first-order valence-electron chi connectivity index (χ1n) is 9.99. The first kappa shape index (κ1) is 22.5. The summed E-state index contributed by atoms with van der Waals surface area (Å²) in [7, 11) is -4.08. The molecule has 4 rings (SSSR count). The predicted molar refractivity (Wildman–Crippen MR) is 127 cm³/mol. The number of hydrogen-bond acceptors (Lipinski definition) is 4. The van der Waals surface area contributed by atoms with Crippen molar-refractivity contribution in [2.75, 3.05) is 6.54 Å². The minimum atomic E-state index is -4.08. The number of fused-ring (bicyclic) bond motifs is 1. The molecule has 0 fully saturated rings. The lowest BCUT2D eigenvalue weighted by Crippen LogP contribution is -2.41. The quantitative estimate of drug-likeness (QED) is 0.417. The molecule has 0 unspecified atom stereocenters. The van der Waals surface area contributed by atoms with Crippen LogP contribution >= 0.6 is 11.6 Å². The van der Waals surface area contributed by atoms with Crippen LogP contribution in [0.5, 0.6) is 0 Å². The molecule has 0 aliphatic carbocycles. The fourth-order valence-corrected chi connectivity index (χ4v) is 5.48. The van der Waals surface area contributed by atoms with Crippen LogP contribution in [-0.2, 0) is 10.0 Å². The molecule has 0 saturated heterocycles. The standard InChI is InChI=1S/C25H19ClN2O4S/c1-2-16-28-23(24(29)17-10-4-3-5-11-17)22(19-13-7-9-15-21(19)33(28,31)32)27-25(30)18-12-6-8-14-20(18)26/h2-15H,1,16H2,(H,27,30). The zero-order chi connectivity index (χ0) is 23.6. The van der Waals surface area contributed by atoms with E-state index in [1.807, 2.05) is 0 Å². The van der Waals surface area contributed by atoms with Gasteiger partial charge in [-0.05, 0) is 18.2 Å². The summed E-state index contributed by atoms with van der Waals surface area (Å²) in [5, 5.41) is 2.98. The van der Waals surface area contributed by atoms with Gasteiger partial charge >= 0.3 is 0 Å². The fourth-order valence-electron chi connectivity index (χ4n) is 3.60. The molecule has 8 heteroatoms. The Bertz CT molecular complexity index is 1400. The lowest BCUT2D eigenvalue weighted by atomic mass is 10.0. The average molecular weight is 479 g/mol. The monoisotopic (exact) mass is 478 g/mol. The Morgan fingerprint density at radius 2 is 1.58 bits per heavy atom. The molecule has 3 aromatic rings. The molecule has 1 heterocycles. The lowest BCUT2D eigenvalue weighted by molar-refractivity contribution is 0.0972. The number of Topliss-reactive ketones (excluding diaryl/α,β-unsaturated/α-hetero) is 1. The van der Waals surface area contributed by atoms with E-state index in [-0.39, 0.29) is 44.5 Å². The Kier molecular flexibility index (Phi) is 6.18. The lowest BCUT2D eigenvalue weighted by Gasteiger charge is -2.33. The number of nitrogens with one attached hydrogen (secondary N) is 1.